The first kappa shape index (κ1) is 21.4. The number of rotatable bonds is 4. The van der Waals surface area contributed by atoms with E-state index in [-0.39, 0.29) is 23.2 Å². The number of aryl methyl sites for hydroxylation is 1. The molecule has 3 aliphatic rings. The molecule has 168 valence electrons. The molecule has 2 fully saturated rings. The van der Waals surface area contributed by atoms with Gasteiger partial charge in [0.1, 0.15) is 0 Å². The van der Waals surface area contributed by atoms with Gasteiger partial charge in [0, 0.05) is 63.3 Å². The van der Waals surface area contributed by atoms with Gasteiger partial charge < -0.3 is 4.90 Å². The van der Waals surface area contributed by atoms with Crippen LogP contribution < -0.4 is 10.2 Å². The Balaban J connectivity index is 1.21. The second kappa shape index (κ2) is 8.84. The SMILES string of the molecule is Cc1cc(N2CCN(Cc3ccc4c(c3)C(S)N(C3CCC(=O)NC3=O)C4)CC2)ccn1. The number of amides is 2. The number of imide groups is 1. The molecule has 2 aromatic rings. The molecule has 7 nitrogen and oxygen atoms in total. The summed E-state index contributed by atoms with van der Waals surface area (Å²) in [6, 6.07) is 10.6. The van der Waals surface area contributed by atoms with Gasteiger partial charge in [0.05, 0.1) is 11.4 Å². The van der Waals surface area contributed by atoms with Crippen LogP contribution in [0.1, 0.15) is 40.6 Å². The Bertz CT molecular complexity index is 1040. The Morgan fingerprint density at radius 3 is 2.69 bits per heavy atom. The van der Waals surface area contributed by atoms with Crippen molar-refractivity contribution in [3.8, 4) is 0 Å². The lowest BCUT2D eigenvalue weighted by molar-refractivity contribution is -0.137. The molecule has 0 spiro atoms. The third-order valence-corrected chi connectivity index (χ3v) is 7.36. The van der Waals surface area contributed by atoms with Crippen molar-refractivity contribution in [2.75, 3.05) is 31.1 Å². The number of pyridine rings is 1. The maximum absolute atomic E-state index is 12.3. The number of piperazine rings is 1. The quantitative estimate of drug-likeness (QED) is 0.549. The normalized spacial score (nSPS) is 24.5. The molecular formula is C24H29N5O2S. The van der Waals surface area contributed by atoms with E-state index in [2.05, 4.69) is 55.3 Å². The molecule has 32 heavy (non-hydrogen) atoms. The molecule has 1 aromatic carbocycles. The van der Waals surface area contributed by atoms with Crippen LogP contribution in [0.25, 0.3) is 0 Å². The van der Waals surface area contributed by atoms with Gasteiger partial charge in [-0.2, -0.15) is 12.6 Å². The van der Waals surface area contributed by atoms with E-state index in [9.17, 15) is 9.59 Å². The van der Waals surface area contributed by atoms with Crippen LogP contribution in [0.2, 0.25) is 0 Å². The summed E-state index contributed by atoms with van der Waals surface area (Å²) in [7, 11) is 0. The minimum Gasteiger partial charge on any atom is -0.369 e. The molecule has 0 saturated carbocycles. The molecule has 0 radical (unpaired) electrons. The first-order valence-electron chi connectivity index (χ1n) is 11.3. The highest BCUT2D eigenvalue weighted by Gasteiger charge is 2.39. The van der Waals surface area contributed by atoms with Crippen molar-refractivity contribution in [1.82, 2.24) is 20.1 Å². The van der Waals surface area contributed by atoms with Gasteiger partial charge >= 0.3 is 0 Å². The van der Waals surface area contributed by atoms with E-state index in [4.69, 9.17) is 12.6 Å². The summed E-state index contributed by atoms with van der Waals surface area (Å²) in [6.45, 7) is 7.69. The second-order valence-corrected chi connectivity index (χ2v) is 9.45. The summed E-state index contributed by atoms with van der Waals surface area (Å²) in [5.74, 6) is -0.379. The number of anilines is 1. The number of aromatic nitrogens is 1. The van der Waals surface area contributed by atoms with Gasteiger partial charge in [0.25, 0.3) is 0 Å². The summed E-state index contributed by atoms with van der Waals surface area (Å²) >= 11 is 4.85. The van der Waals surface area contributed by atoms with E-state index >= 15 is 0 Å². The Morgan fingerprint density at radius 2 is 1.94 bits per heavy atom. The van der Waals surface area contributed by atoms with Gasteiger partial charge in [-0.05, 0) is 42.2 Å². The molecule has 1 N–H and O–H groups in total. The van der Waals surface area contributed by atoms with Crippen molar-refractivity contribution in [2.24, 2.45) is 0 Å². The molecule has 2 unspecified atom stereocenters. The molecule has 0 bridgehead atoms. The minimum atomic E-state index is -0.295. The van der Waals surface area contributed by atoms with E-state index in [0.29, 0.717) is 19.4 Å². The summed E-state index contributed by atoms with van der Waals surface area (Å²) in [4.78, 5) is 35.2. The van der Waals surface area contributed by atoms with Crippen LogP contribution in [0, 0.1) is 6.92 Å². The van der Waals surface area contributed by atoms with Crippen molar-refractivity contribution in [2.45, 2.75) is 44.3 Å². The molecule has 8 heteroatoms. The number of hydrogen-bond donors (Lipinski definition) is 2. The summed E-state index contributed by atoms with van der Waals surface area (Å²) in [6.07, 6.45) is 2.83. The third-order valence-electron chi connectivity index (χ3n) is 6.79. The summed E-state index contributed by atoms with van der Waals surface area (Å²) < 4.78 is 0. The highest BCUT2D eigenvalue weighted by atomic mass is 32.1. The van der Waals surface area contributed by atoms with E-state index in [1.54, 1.807) is 0 Å². The topological polar surface area (TPSA) is 68.8 Å². The van der Waals surface area contributed by atoms with E-state index in [1.807, 2.05) is 13.1 Å². The number of carbonyl (C=O) groups excluding carboxylic acids is 2. The fraction of sp³-hybridized carbons (Fsp3) is 0.458. The zero-order chi connectivity index (χ0) is 22.2. The largest absolute Gasteiger partial charge is 0.369 e. The molecule has 0 aliphatic carbocycles. The van der Waals surface area contributed by atoms with Gasteiger partial charge in [-0.15, -0.1) is 0 Å². The lowest BCUT2D eigenvalue weighted by atomic mass is 10.0. The van der Waals surface area contributed by atoms with Crippen molar-refractivity contribution in [1.29, 1.82) is 0 Å². The maximum atomic E-state index is 12.3. The fourth-order valence-electron chi connectivity index (χ4n) is 5.02. The number of fused-ring (bicyclic) bond motifs is 1. The van der Waals surface area contributed by atoms with Gasteiger partial charge in [-0.3, -0.25) is 29.7 Å². The molecule has 2 amide bonds. The molecule has 3 aliphatic heterocycles. The van der Waals surface area contributed by atoms with E-state index < -0.39 is 0 Å². The molecule has 5 rings (SSSR count). The fourth-order valence-corrected chi connectivity index (χ4v) is 5.50. The van der Waals surface area contributed by atoms with E-state index in [1.165, 1.54) is 22.4 Å². The minimum absolute atomic E-state index is 0.124. The van der Waals surface area contributed by atoms with Gasteiger partial charge in [-0.1, -0.05) is 18.2 Å². The molecule has 2 atom stereocenters. The number of thiol groups is 1. The van der Waals surface area contributed by atoms with Crippen molar-refractivity contribution in [3.63, 3.8) is 0 Å². The zero-order valence-corrected chi connectivity index (χ0v) is 19.2. The number of nitrogens with zero attached hydrogens (tertiary/aromatic N) is 4. The van der Waals surface area contributed by atoms with Crippen LogP contribution in [0.15, 0.2) is 36.5 Å². The smallest absolute Gasteiger partial charge is 0.243 e. The second-order valence-electron chi connectivity index (χ2n) is 8.96. The Morgan fingerprint density at radius 1 is 1.12 bits per heavy atom. The lowest BCUT2D eigenvalue weighted by Gasteiger charge is -2.36. The molecular weight excluding hydrogens is 422 g/mol. The van der Waals surface area contributed by atoms with Crippen LogP contribution in [0.3, 0.4) is 0 Å². The van der Waals surface area contributed by atoms with Crippen LogP contribution in [-0.4, -0.2) is 58.8 Å². The first-order valence-corrected chi connectivity index (χ1v) is 11.8. The molecule has 4 heterocycles. The average molecular weight is 452 g/mol. The lowest BCUT2D eigenvalue weighted by Crippen LogP contribution is -2.51. The summed E-state index contributed by atoms with van der Waals surface area (Å²) in [5, 5.41) is 2.35. The number of piperidine rings is 1. The summed E-state index contributed by atoms with van der Waals surface area (Å²) in [5.41, 5.74) is 5.98. The first-order chi connectivity index (χ1) is 15.5. The Hall–Kier alpha value is -2.42. The van der Waals surface area contributed by atoms with Crippen LogP contribution in [0.5, 0.6) is 0 Å². The monoisotopic (exact) mass is 451 g/mol. The zero-order valence-electron chi connectivity index (χ0n) is 18.3. The third kappa shape index (κ3) is 4.27. The van der Waals surface area contributed by atoms with Crippen LogP contribution in [0.4, 0.5) is 5.69 Å². The van der Waals surface area contributed by atoms with E-state index in [0.717, 1.165) is 38.4 Å². The predicted octanol–water partition coefficient (Wildman–Crippen LogP) is 2.26. The highest BCUT2D eigenvalue weighted by molar-refractivity contribution is 7.80. The molecule has 2 saturated heterocycles. The van der Waals surface area contributed by atoms with Crippen molar-refractivity contribution in [3.05, 3.63) is 58.9 Å². The Labute approximate surface area is 194 Å². The van der Waals surface area contributed by atoms with Crippen LogP contribution >= 0.6 is 12.6 Å². The van der Waals surface area contributed by atoms with Gasteiger partial charge in [0.15, 0.2) is 0 Å². The highest BCUT2D eigenvalue weighted by Crippen LogP contribution is 2.39. The predicted molar refractivity (Wildman–Crippen MR) is 126 cm³/mol. The number of hydrogen-bond acceptors (Lipinski definition) is 7. The van der Waals surface area contributed by atoms with Crippen LogP contribution in [-0.2, 0) is 22.7 Å². The standard InChI is InChI=1S/C24H29N5O2S/c1-16-12-19(6-7-25-16)28-10-8-27(9-11-28)14-17-2-3-18-15-29(24(32)20(18)13-17)21-4-5-22(30)26-23(21)31/h2-3,6-7,12-13,21,24,32H,4-5,8-11,14-15H2,1H3,(H,26,30,31). The molecule has 1 aromatic heterocycles. The van der Waals surface area contributed by atoms with Crippen molar-refractivity contribution >= 4 is 30.1 Å². The number of benzene rings is 1. The number of nitrogens with one attached hydrogen (secondary N) is 1. The van der Waals surface area contributed by atoms with Gasteiger partial charge in [-0.25, -0.2) is 0 Å². The van der Waals surface area contributed by atoms with Gasteiger partial charge in [0.2, 0.25) is 11.8 Å². The average Bonchev–Trinajstić information content (AvgIpc) is 3.10. The van der Waals surface area contributed by atoms with Crippen molar-refractivity contribution < 1.29 is 9.59 Å². The number of carbonyl (C=O) groups is 2. The Kier molecular flexibility index (Phi) is 5.92. The maximum Gasteiger partial charge on any atom is 0.243 e.